The lowest BCUT2D eigenvalue weighted by Gasteiger charge is -2.01. The molecule has 9 nitrogen and oxygen atoms in total. The molecule has 0 atom stereocenters. The van der Waals surface area contributed by atoms with Gasteiger partial charge in [0.25, 0.3) is 5.69 Å². The molecule has 0 saturated heterocycles. The van der Waals surface area contributed by atoms with Gasteiger partial charge in [0.1, 0.15) is 6.07 Å². The number of nitrogens with one attached hydrogen (secondary N) is 1. The van der Waals surface area contributed by atoms with E-state index in [0.29, 0.717) is 0 Å². The quantitative estimate of drug-likeness (QED) is 0.341. The van der Waals surface area contributed by atoms with Crippen molar-refractivity contribution in [3.05, 3.63) is 46.5 Å². The minimum atomic E-state index is -0.880. The Morgan fingerprint density at radius 3 is 2.75 bits per heavy atom. The average molecular weight is 329 g/mol. The van der Waals surface area contributed by atoms with Gasteiger partial charge >= 0.3 is 0 Å². The molecule has 0 aromatic heterocycles. The van der Waals surface area contributed by atoms with E-state index in [-0.39, 0.29) is 23.0 Å². The summed E-state index contributed by atoms with van der Waals surface area (Å²) < 4.78 is 0. The van der Waals surface area contributed by atoms with Crippen molar-refractivity contribution in [3.63, 3.8) is 0 Å². The Balaban J connectivity index is 2.98. The summed E-state index contributed by atoms with van der Waals surface area (Å²) in [4.78, 5) is 22.2. The second kappa shape index (κ2) is 8.79. The van der Waals surface area contributed by atoms with E-state index >= 15 is 0 Å². The Bertz CT molecular complexity index is 759. The number of nitro benzene ring substituents is 1. The number of nitro groups is 1. The summed E-state index contributed by atoms with van der Waals surface area (Å²) in [5.41, 5.74) is 1.56. The largest absolute Gasteiger partial charge is 0.410 e. The minimum Gasteiger partial charge on any atom is -0.410 e. The molecule has 2 N–H and O–H groups in total. The fourth-order valence-corrected chi connectivity index (χ4v) is 1.50. The highest BCUT2D eigenvalue weighted by atomic mass is 16.6. The SMILES string of the molecule is CC(C)/C=C/C(=N\O)C(=O)/C(C#N)=N/Nc1cccc([N+](=O)[O-])c1. The van der Waals surface area contributed by atoms with Crippen LogP contribution in [0.2, 0.25) is 0 Å². The standard InChI is InChI=1S/C15H15N5O4/c1-10(2)6-7-13(19-22)15(21)14(9-16)18-17-11-4-3-5-12(8-11)20(23)24/h3-8,10,17,22H,1-2H3/b7-6+,18-14+,19-13+. The molecule has 0 fully saturated rings. The summed E-state index contributed by atoms with van der Waals surface area (Å²) in [5, 5.41) is 35.1. The van der Waals surface area contributed by atoms with E-state index in [2.05, 4.69) is 15.7 Å². The van der Waals surface area contributed by atoms with Gasteiger partial charge in [-0.25, -0.2) is 0 Å². The molecule has 0 aliphatic carbocycles. The number of rotatable bonds is 7. The maximum absolute atomic E-state index is 12.1. The fraction of sp³-hybridized carbons (Fsp3) is 0.200. The number of non-ortho nitro benzene ring substituents is 1. The summed E-state index contributed by atoms with van der Waals surface area (Å²) >= 11 is 0. The van der Waals surface area contributed by atoms with Gasteiger partial charge in [-0.2, -0.15) is 10.4 Å². The van der Waals surface area contributed by atoms with Crippen LogP contribution in [0.25, 0.3) is 0 Å². The van der Waals surface area contributed by atoms with Crippen molar-refractivity contribution in [1.29, 1.82) is 5.26 Å². The summed E-state index contributed by atoms with van der Waals surface area (Å²) in [6.45, 7) is 3.72. The number of carbonyl (C=O) groups excluding carboxylic acids is 1. The van der Waals surface area contributed by atoms with Gasteiger partial charge in [-0.3, -0.25) is 20.3 Å². The fourth-order valence-electron chi connectivity index (χ4n) is 1.50. The molecule has 0 amide bonds. The highest BCUT2D eigenvalue weighted by molar-refractivity contribution is 6.71. The lowest BCUT2D eigenvalue weighted by molar-refractivity contribution is -0.384. The van der Waals surface area contributed by atoms with Crippen molar-refractivity contribution < 1.29 is 14.9 Å². The molecule has 0 unspecified atom stereocenters. The Hall–Kier alpha value is -3.54. The van der Waals surface area contributed by atoms with Gasteiger partial charge < -0.3 is 5.21 Å². The molecule has 0 saturated carbocycles. The number of benzene rings is 1. The number of oxime groups is 1. The van der Waals surface area contributed by atoms with Crippen LogP contribution < -0.4 is 5.43 Å². The first-order valence-corrected chi connectivity index (χ1v) is 6.82. The van der Waals surface area contributed by atoms with E-state index in [1.807, 2.05) is 13.8 Å². The van der Waals surface area contributed by atoms with Gasteiger partial charge in [-0.05, 0) is 18.1 Å². The number of ketones is 1. The van der Waals surface area contributed by atoms with E-state index < -0.39 is 16.4 Å². The number of nitriles is 1. The maximum atomic E-state index is 12.1. The lowest BCUT2D eigenvalue weighted by atomic mass is 10.1. The third-order valence-corrected chi connectivity index (χ3v) is 2.65. The Morgan fingerprint density at radius 2 is 2.21 bits per heavy atom. The van der Waals surface area contributed by atoms with Crippen LogP contribution in [0.1, 0.15) is 13.8 Å². The van der Waals surface area contributed by atoms with Crippen LogP contribution in [0.5, 0.6) is 0 Å². The number of anilines is 1. The van der Waals surface area contributed by atoms with Crippen LogP contribution in [0.15, 0.2) is 46.7 Å². The molecule has 0 spiro atoms. The monoisotopic (exact) mass is 329 g/mol. The molecule has 24 heavy (non-hydrogen) atoms. The number of hydrogen-bond donors (Lipinski definition) is 2. The van der Waals surface area contributed by atoms with Crippen LogP contribution in [0.4, 0.5) is 11.4 Å². The first-order chi connectivity index (χ1) is 11.4. The summed E-state index contributed by atoms with van der Waals surface area (Å²) in [6, 6.07) is 6.99. The van der Waals surface area contributed by atoms with Crippen LogP contribution >= 0.6 is 0 Å². The van der Waals surface area contributed by atoms with Crippen LogP contribution in [0, 0.1) is 27.4 Å². The molecule has 0 aliphatic rings. The molecule has 1 aromatic rings. The van der Waals surface area contributed by atoms with Gasteiger partial charge in [0.15, 0.2) is 5.71 Å². The van der Waals surface area contributed by atoms with Crippen molar-refractivity contribution in [2.75, 3.05) is 5.43 Å². The van der Waals surface area contributed by atoms with Crippen LogP contribution in [-0.2, 0) is 4.79 Å². The summed E-state index contributed by atoms with van der Waals surface area (Å²) in [6.07, 6.45) is 2.91. The van der Waals surface area contributed by atoms with Gasteiger partial charge in [0.05, 0.1) is 10.6 Å². The third-order valence-electron chi connectivity index (χ3n) is 2.65. The average Bonchev–Trinajstić information content (AvgIpc) is 2.56. The Morgan fingerprint density at radius 1 is 1.50 bits per heavy atom. The van der Waals surface area contributed by atoms with E-state index in [0.717, 1.165) is 0 Å². The molecule has 1 aromatic carbocycles. The highest BCUT2D eigenvalue weighted by Crippen LogP contribution is 2.16. The molecule has 0 bridgehead atoms. The van der Waals surface area contributed by atoms with Gasteiger partial charge in [0.2, 0.25) is 11.5 Å². The molecule has 9 heteroatoms. The predicted molar refractivity (Wildman–Crippen MR) is 88.0 cm³/mol. The maximum Gasteiger partial charge on any atom is 0.271 e. The van der Waals surface area contributed by atoms with Crippen LogP contribution in [-0.4, -0.2) is 27.3 Å². The third kappa shape index (κ3) is 5.34. The van der Waals surface area contributed by atoms with Crippen molar-refractivity contribution in [3.8, 4) is 6.07 Å². The summed E-state index contributed by atoms with van der Waals surface area (Å²) in [7, 11) is 0. The zero-order valence-electron chi connectivity index (χ0n) is 13.0. The number of hydrazone groups is 1. The van der Waals surface area contributed by atoms with E-state index in [4.69, 9.17) is 10.5 Å². The zero-order chi connectivity index (χ0) is 18.1. The minimum absolute atomic E-state index is 0.111. The van der Waals surface area contributed by atoms with Crippen molar-refractivity contribution >= 4 is 28.6 Å². The molecular weight excluding hydrogens is 314 g/mol. The Kier molecular flexibility index (Phi) is 6.78. The van der Waals surface area contributed by atoms with Crippen molar-refractivity contribution in [2.24, 2.45) is 16.2 Å². The molecule has 0 heterocycles. The summed E-state index contributed by atoms with van der Waals surface area (Å²) in [5.74, 6) is -0.769. The van der Waals surface area contributed by atoms with Gasteiger partial charge in [-0.15, -0.1) is 0 Å². The van der Waals surface area contributed by atoms with E-state index in [1.165, 1.54) is 30.3 Å². The first-order valence-electron chi connectivity index (χ1n) is 6.82. The Labute approximate surface area is 137 Å². The number of allylic oxidation sites excluding steroid dienone is 2. The molecular formula is C15H15N5O4. The number of hydrogen-bond acceptors (Lipinski definition) is 8. The van der Waals surface area contributed by atoms with Gasteiger partial charge in [-0.1, -0.05) is 31.1 Å². The van der Waals surface area contributed by atoms with Gasteiger partial charge in [0, 0.05) is 12.1 Å². The second-order valence-electron chi connectivity index (χ2n) is 4.91. The first kappa shape index (κ1) is 18.5. The lowest BCUT2D eigenvalue weighted by Crippen LogP contribution is -2.22. The zero-order valence-corrected chi connectivity index (χ0v) is 13.0. The van der Waals surface area contributed by atoms with E-state index in [9.17, 15) is 14.9 Å². The molecule has 124 valence electrons. The topological polar surface area (TPSA) is 141 Å². The van der Waals surface area contributed by atoms with E-state index in [1.54, 1.807) is 12.1 Å². The van der Waals surface area contributed by atoms with Crippen molar-refractivity contribution in [1.82, 2.24) is 0 Å². The predicted octanol–water partition coefficient (Wildman–Crippen LogP) is 2.50. The smallest absolute Gasteiger partial charge is 0.271 e. The number of nitrogens with zero attached hydrogens (tertiary/aromatic N) is 4. The highest BCUT2D eigenvalue weighted by Gasteiger charge is 2.17. The normalized spacial score (nSPS) is 12.2. The molecule has 0 radical (unpaired) electrons. The number of Topliss-reactive ketones (excluding diaryl/α,β-unsaturated/α-hetero) is 1. The second-order valence-corrected chi connectivity index (χ2v) is 4.91. The van der Waals surface area contributed by atoms with Crippen LogP contribution in [0.3, 0.4) is 0 Å². The number of carbonyl (C=O) groups is 1. The molecule has 0 aliphatic heterocycles. The molecule has 1 rings (SSSR count). The van der Waals surface area contributed by atoms with Crippen molar-refractivity contribution in [2.45, 2.75) is 13.8 Å².